The Morgan fingerprint density at radius 1 is 0.906 bits per heavy atom. The van der Waals surface area contributed by atoms with Crippen molar-refractivity contribution in [2.24, 2.45) is 0 Å². The van der Waals surface area contributed by atoms with Gasteiger partial charge < -0.3 is 14.8 Å². The van der Waals surface area contributed by atoms with Crippen LogP contribution in [0.5, 0.6) is 0 Å². The largest absolute Gasteiger partial charge is 0.460 e. The standard InChI is InChI=1S/C26H45NO4S/c1-4-6-7-8-9-10-11-12-13-14-15-25(32(3)29)22-27-24-18-16-23(17-19-24)26(28)31-21-20-30-5-2/h16-19,25,27H,4-15,20-22H2,1-3H3. The fourth-order valence-corrected chi connectivity index (χ4v) is 4.44. The number of esters is 1. The molecule has 184 valence electrons. The Morgan fingerprint density at radius 2 is 1.50 bits per heavy atom. The molecule has 0 aliphatic heterocycles. The van der Waals surface area contributed by atoms with E-state index in [1.165, 1.54) is 57.8 Å². The highest BCUT2D eigenvalue weighted by Crippen LogP contribution is 2.15. The van der Waals surface area contributed by atoms with Crippen LogP contribution in [0.1, 0.15) is 94.8 Å². The molecule has 0 spiro atoms. The van der Waals surface area contributed by atoms with Crippen molar-refractivity contribution in [2.75, 3.05) is 37.9 Å². The molecule has 1 rings (SSSR count). The summed E-state index contributed by atoms with van der Waals surface area (Å²) >= 11 is 0. The van der Waals surface area contributed by atoms with Gasteiger partial charge in [-0.05, 0) is 37.6 Å². The molecule has 1 aromatic carbocycles. The van der Waals surface area contributed by atoms with Crippen LogP contribution < -0.4 is 5.32 Å². The van der Waals surface area contributed by atoms with Gasteiger partial charge in [-0.25, -0.2) is 4.79 Å². The van der Waals surface area contributed by atoms with Crippen LogP contribution in [-0.2, 0) is 20.3 Å². The molecule has 0 amide bonds. The number of ether oxygens (including phenoxy) is 2. The summed E-state index contributed by atoms with van der Waals surface area (Å²) in [7, 11) is -0.857. The average molecular weight is 468 g/mol. The van der Waals surface area contributed by atoms with E-state index in [0.717, 1.165) is 18.5 Å². The molecule has 0 heterocycles. The third-order valence-electron chi connectivity index (χ3n) is 5.67. The second-order valence-electron chi connectivity index (χ2n) is 8.38. The molecule has 0 aliphatic carbocycles. The van der Waals surface area contributed by atoms with Gasteiger partial charge in [-0.3, -0.25) is 4.21 Å². The lowest BCUT2D eigenvalue weighted by Crippen LogP contribution is -2.24. The maximum Gasteiger partial charge on any atom is 0.338 e. The van der Waals surface area contributed by atoms with E-state index in [1.54, 1.807) is 18.4 Å². The molecule has 0 radical (unpaired) electrons. The molecular weight excluding hydrogens is 422 g/mol. The van der Waals surface area contributed by atoms with E-state index < -0.39 is 10.8 Å². The summed E-state index contributed by atoms with van der Waals surface area (Å²) in [5.41, 5.74) is 1.45. The van der Waals surface area contributed by atoms with Gasteiger partial charge in [0.05, 0.1) is 17.4 Å². The van der Waals surface area contributed by atoms with Crippen molar-refractivity contribution in [1.82, 2.24) is 0 Å². The molecule has 0 fully saturated rings. The summed E-state index contributed by atoms with van der Waals surface area (Å²) < 4.78 is 22.5. The summed E-state index contributed by atoms with van der Waals surface area (Å²) in [6.45, 7) is 6.13. The van der Waals surface area contributed by atoms with Gasteiger partial charge in [0, 0.05) is 35.9 Å². The van der Waals surface area contributed by atoms with Gasteiger partial charge in [-0.2, -0.15) is 0 Å². The summed E-state index contributed by atoms with van der Waals surface area (Å²) in [6, 6.07) is 7.25. The zero-order valence-electron chi connectivity index (χ0n) is 20.5. The quantitative estimate of drug-likeness (QED) is 0.179. The molecule has 6 heteroatoms. The molecule has 1 N–H and O–H groups in total. The molecule has 32 heavy (non-hydrogen) atoms. The van der Waals surface area contributed by atoms with Gasteiger partial charge >= 0.3 is 5.97 Å². The molecule has 0 aliphatic rings. The van der Waals surface area contributed by atoms with E-state index in [4.69, 9.17) is 9.47 Å². The monoisotopic (exact) mass is 467 g/mol. The third-order valence-corrected chi connectivity index (χ3v) is 7.01. The van der Waals surface area contributed by atoms with Crippen molar-refractivity contribution >= 4 is 22.5 Å². The normalized spacial score (nSPS) is 13.0. The fraction of sp³-hybridized carbons (Fsp3) is 0.731. The van der Waals surface area contributed by atoms with Crippen LogP contribution in [0.15, 0.2) is 24.3 Å². The van der Waals surface area contributed by atoms with Gasteiger partial charge in [-0.1, -0.05) is 71.1 Å². The highest BCUT2D eigenvalue weighted by atomic mass is 32.2. The first-order chi connectivity index (χ1) is 15.6. The van der Waals surface area contributed by atoms with Crippen LogP contribution in [-0.4, -0.2) is 48.0 Å². The molecule has 0 saturated heterocycles. The number of hydrogen-bond donors (Lipinski definition) is 1. The Hall–Kier alpha value is -1.40. The Morgan fingerprint density at radius 3 is 2.06 bits per heavy atom. The summed E-state index contributed by atoms with van der Waals surface area (Å²) in [4.78, 5) is 12.0. The van der Waals surface area contributed by atoms with Crippen molar-refractivity contribution < 1.29 is 18.5 Å². The Kier molecular flexibility index (Phi) is 17.1. The van der Waals surface area contributed by atoms with Gasteiger partial charge in [0.25, 0.3) is 0 Å². The number of hydrogen-bond acceptors (Lipinski definition) is 5. The highest BCUT2D eigenvalue weighted by Gasteiger charge is 2.13. The lowest BCUT2D eigenvalue weighted by atomic mass is 10.1. The molecule has 2 atom stereocenters. The molecular formula is C26H45NO4S. The number of nitrogens with one attached hydrogen (secondary N) is 1. The number of rotatable bonds is 20. The maximum atomic E-state index is 12.1. The van der Waals surface area contributed by atoms with Gasteiger partial charge in [0.1, 0.15) is 6.61 Å². The van der Waals surface area contributed by atoms with Gasteiger partial charge in [0.2, 0.25) is 0 Å². The second kappa shape index (κ2) is 19.1. The summed E-state index contributed by atoms with van der Waals surface area (Å²) in [5.74, 6) is -0.343. The van der Waals surface area contributed by atoms with E-state index in [1.807, 2.05) is 19.1 Å². The van der Waals surface area contributed by atoms with Crippen LogP contribution in [0.4, 0.5) is 5.69 Å². The van der Waals surface area contributed by atoms with Gasteiger partial charge in [-0.15, -0.1) is 0 Å². The Labute approximate surface area is 198 Å². The number of anilines is 1. The smallest absolute Gasteiger partial charge is 0.338 e. The lowest BCUT2D eigenvalue weighted by molar-refractivity contribution is 0.0335. The molecule has 0 saturated carbocycles. The van der Waals surface area contributed by atoms with Crippen molar-refractivity contribution in [1.29, 1.82) is 0 Å². The Bertz CT molecular complexity index is 621. The molecule has 5 nitrogen and oxygen atoms in total. The van der Waals surface area contributed by atoms with Crippen LogP contribution >= 0.6 is 0 Å². The topological polar surface area (TPSA) is 64.6 Å². The van der Waals surface area contributed by atoms with E-state index in [9.17, 15) is 9.00 Å². The average Bonchev–Trinajstić information content (AvgIpc) is 2.80. The number of benzene rings is 1. The third kappa shape index (κ3) is 13.9. The number of unbranched alkanes of at least 4 members (excludes halogenated alkanes) is 9. The Balaban J connectivity index is 2.23. The predicted octanol–water partition coefficient (Wildman–Crippen LogP) is 6.35. The number of carbonyl (C=O) groups is 1. The molecule has 1 aromatic rings. The molecule has 2 unspecified atom stereocenters. The SMILES string of the molecule is CCCCCCCCCCCCC(CNc1ccc(C(=O)OCCOCC)cc1)S(C)=O. The van der Waals surface area contributed by atoms with Gasteiger partial charge in [0.15, 0.2) is 0 Å². The van der Waals surface area contributed by atoms with Crippen molar-refractivity contribution in [2.45, 2.75) is 89.7 Å². The predicted molar refractivity (Wildman–Crippen MR) is 136 cm³/mol. The van der Waals surface area contributed by atoms with E-state index in [2.05, 4.69) is 12.2 Å². The minimum atomic E-state index is -0.857. The first kappa shape index (κ1) is 28.6. The zero-order valence-corrected chi connectivity index (χ0v) is 21.4. The lowest BCUT2D eigenvalue weighted by Gasteiger charge is -2.16. The molecule has 0 bridgehead atoms. The van der Waals surface area contributed by atoms with Crippen molar-refractivity contribution in [3.63, 3.8) is 0 Å². The van der Waals surface area contributed by atoms with Crippen LogP contribution in [0, 0.1) is 0 Å². The second-order valence-corrected chi connectivity index (χ2v) is 10.0. The van der Waals surface area contributed by atoms with Crippen molar-refractivity contribution in [3.8, 4) is 0 Å². The summed E-state index contributed by atoms with van der Waals surface area (Å²) in [6.07, 6.45) is 15.9. The maximum absolute atomic E-state index is 12.1. The molecule has 0 aromatic heterocycles. The minimum absolute atomic E-state index is 0.146. The fourth-order valence-electron chi connectivity index (χ4n) is 3.62. The van der Waals surface area contributed by atoms with E-state index in [-0.39, 0.29) is 17.8 Å². The van der Waals surface area contributed by atoms with Crippen LogP contribution in [0.3, 0.4) is 0 Å². The van der Waals surface area contributed by atoms with Crippen LogP contribution in [0.25, 0.3) is 0 Å². The first-order valence-corrected chi connectivity index (χ1v) is 14.1. The first-order valence-electron chi connectivity index (χ1n) is 12.5. The van der Waals surface area contributed by atoms with Crippen LogP contribution in [0.2, 0.25) is 0 Å². The number of carbonyl (C=O) groups excluding carboxylic acids is 1. The van der Waals surface area contributed by atoms with E-state index in [0.29, 0.717) is 25.3 Å². The van der Waals surface area contributed by atoms with Crippen molar-refractivity contribution in [3.05, 3.63) is 29.8 Å². The van der Waals surface area contributed by atoms with E-state index >= 15 is 0 Å². The minimum Gasteiger partial charge on any atom is -0.460 e. The zero-order chi connectivity index (χ0) is 23.4. The summed E-state index contributed by atoms with van der Waals surface area (Å²) in [5, 5.41) is 3.52. The highest BCUT2D eigenvalue weighted by molar-refractivity contribution is 7.84.